The van der Waals surface area contributed by atoms with Crippen LogP contribution in [0, 0.1) is 0 Å². The lowest BCUT2D eigenvalue weighted by Gasteiger charge is -2.21. The number of anilines is 1. The van der Waals surface area contributed by atoms with E-state index in [9.17, 15) is 4.79 Å². The number of hydrogen-bond donors (Lipinski definition) is 0. The molecular weight excluding hydrogens is 422 g/mol. The quantitative estimate of drug-likeness (QED) is 0.102. The van der Waals surface area contributed by atoms with Gasteiger partial charge in [-0.3, -0.25) is 4.79 Å². The van der Waals surface area contributed by atoms with Crippen molar-refractivity contribution in [1.82, 2.24) is 4.98 Å². The van der Waals surface area contributed by atoms with E-state index in [-0.39, 0.29) is 5.43 Å². The van der Waals surface area contributed by atoms with Gasteiger partial charge in [-0.1, -0.05) is 45.4 Å². The minimum atomic E-state index is -0.00698. The normalized spacial score (nSPS) is 11.6. The van der Waals surface area contributed by atoms with Crippen molar-refractivity contribution < 1.29 is 8.98 Å². The molecule has 2 aliphatic rings. The molecular formula is C29H38N3O2+. The topological polar surface area (TPSA) is 50.2 Å². The van der Waals surface area contributed by atoms with E-state index in [1.807, 2.05) is 30.5 Å². The molecule has 0 spiro atoms. The van der Waals surface area contributed by atoms with Crippen molar-refractivity contribution in [3.05, 3.63) is 52.8 Å². The third-order valence-electron chi connectivity index (χ3n) is 6.83. The first-order chi connectivity index (χ1) is 16.7. The minimum Gasteiger partial charge on any atom is -0.453 e. The van der Waals surface area contributed by atoms with Gasteiger partial charge in [0.1, 0.15) is 17.8 Å². The maximum atomic E-state index is 13.1. The first kappa shape index (κ1) is 24.2. The highest BCUT2D eigenvalue weighted by Crippen LogP contribution is 2.31. The van der Waals surface area contributed by atoms with E-state index in [0.717, 1.165) is 53.9 Å². The predicted octanol–water partition coefficient (Wildman–Crippen LogP) is 6.72. The fourth-order valence-corrected chi connectivity index (χ4v) is 4.90. The van der Waals surface area contributed by atoms with Gasteiger partial charge in [-0.15, -0.1) is 0 Å². The van der Waals surface area contributed by atoms with Gasteiger partial charge in [0, 0.05) is 43.4 Å². The highest BCUT2D eigenvalue weighted by atomic mass is 16.3. The lowest BCUT2D eigenvalue weighted by molar-refractivity contribution is -0.672. The summed E-state index contributed by atoms with van der Waals surface area (Å²) in [6, 6.07) is 11.7. The second-order valence-corrected chi connectivity index (χ2v) is 9.20. The first-order valence-electron chi connectivity index (χ1n) is 13.1. The van der Waals surface area contributed by atoms with Crippen LogP contribution in [0.3, 0.4) is 0 Å². The van der Waals surface area contributed by atoms with Crippen molar-refractivity contribution in [2.24, 2.45) is 0 Å². The van der Waals surface area contributed by atoms with Crippen LogP contribution in [-0.4, -0.2) is 18.1 Å². The third-order valence-corrected chi connectivity index (χ3v) is 6.83. The molecule has 34 heavy (non-hydrogen) atoms. The highest BCUT2D eigenvalue weighted by Gasteiger charge is 2.22. The molecule has 0 radical (unpaired) electrons. The molecule has 2 heterocycles. The Balaban J connectivity index is 1.60. The first-order valence-corrected chi connectivity index (χ1v) is 13.1. The summed E-state index contributed by atoms with van der Waals surface area (Å²) in [5.41, 5.74) is 4.09. The second kappa shape index (κ2) is 11.5. The summed E-state index contributed by atoms with van der Waals surface area (Å²) in [4.78, 5) is 20.3. The Labute approximate surface area is 202 Å². The Bertz CT molecular complexity index is 1260. The van der Waals surface area contributed by atoms with E-state index in [1.165, 1.54) is 44.9 Å². The van der Waals surface area contributed by atoms with Crippen molar-refractivity contribution in [1.29, 1.82) is 0 Å². The van der Waals surface area contributed by atoms with E-state index in [0.29, 0.717) is 11.3 Å². The number of hydrogen-bond acceptors (Lipinski definition) is 4. The molecule has 1 aromatic heterocycles. The van der Waals surface area contributed by atoms with Crippen molar-refractivity contribution in [2.75, 3.05) is 18.0 Å². The molecule has 0 atom stereocenters. The number of aryl methyl sites for hydroxylation is 1. The van der Waals surface area contributed by atoms with Crippen LogP contribution in [0.15, 0.2) is 51.8 Å². The number of aromatic nitrogens is 2. The molecule has 5 nitrogen and oxygen atoms in total. The van der Waals surface area contributed by atoms with Crippen LogP contribution in [0.2, 0.25) is 0 Å². The fourth-order valence-electron chi connectivity index (χ4n) is 4.90. The number of fused-ring (bicyclic) bond motifs is 4. The average molecular weight is 461 g/mol. The Kier molecular flexibility index (Phi) is 8.15. The zero-order valence-corrected chi connectivity index (χ0v) is 21.0. The summed E-state index contributed by atoms with van der Waals surface area (Å²) < 4.78 is 8.31. The molecule has 1 aliphatic heterocycles. The smallest absolute Gasteiger partial charge is 0.262 e. The summed E-state index contributed by atoms with van der Waals surface area (Å²) in [5, 5.41) is 0.864. The van der Waals surface area contributed by atoms with Crippen LogP contribution >= 0.6 is 0 Å². The van der Waals surface area contributed by atoms with Crippen LogP contribution in [0.5, 0.6) is 0 Å². The standard InChI is InChI=1S/C29H38N3O2/c1-4-7-8-9-10-11-12-13-18-32-19-14-15-23-28-27(21-25(33)29(23)32)34-26-20-22(31(5-2)6-3)16-17-24(26)30-28/h14-17,19-21H,4-13,18H2,1-3H3/q+1. The van der Waals surface area contributed by atoms with Crippen molar-refractivity contribution in [3.63, 3.8) is 0 Å². The molecule has 0 N–H and O–H groups in total. The molecule has 0 fully saturated rings. The van der Waals surface area contributed by atoms with Gasteiger partial charge in [0.05, 0.1) is 5.39 Å². The molecule has 0 saturated carbocycles. The summed E-state index contributed by atoms with van der Waals surface area (Å²) in [6.45, 7) is 9.24. The van der Waals surface area contributed by atoms with E-state index in [2.05, 4.69) is 36.3 Å². The maximum absolute atomic E-state index is 13.1. The zero-order chi connectivity index (χ0) is 23.9. The zero-order valence-electron chi connectivity index (χ0n) is 21.0. The van der Waals surface area contributed by atoms with Crippen LogP contribution in [0.4, 0.5) is 5.69 Å². The molecule has 180 valence electrons. The van der Waals surface area contributed by atoms with Crippen molar-refractivity contribution >= 4 is 27.7 Å². The van der Waals surface area contributed by atoms with Crippen LogP contribution < -0.4 is 14.9 Å². The predicted molar refractivity (Wildman–Crippen MR) is 141 cm³/mol. The van der Waals surface area contributed by atoms with Crippen LogP contribution in [-0.2, 0) is 6.54 Å². The number of rotatable bonds is 12. The second-order valence-electron chi connectivity index (χ2n) is 9.20. The van der Waals surface area contributed by atoms with Crippen molar-refractivity contribution in [3.8, 4) is 11.5 Å². The molecule has 2 aromatic rings. The lowest BCUT2D eigenvalue weighted by Crippen LogP contribution is -2.38. The van der Waals surface area contributed by atoms with Gasteiger partial charge in [0.15, 0.2) is 17.5 Å². The Morgan fingerprint density at radius 2 is 1.65 bits per heavy atom. The van der Waals surface area contributed by atoms with Crippen LogP contribution in [0.25, 0.3) is 33.5 Å². The molecule has 4 rings (SSSR count). The molecule has 0 bridgehead atoms. The van der Waals surface area contributed by atoms with E-state index < -0.39 is 0 Å². The minimum absolute atomic E-state index is 0.00698. The summed E-state index contributed by atoms with van der Waals surface area (Å²) in [7, 11) is 0. The molecule has 0 amide bonds. The van der Waals surface area contributed by atoms with Gasteiger partial charge in [-0.05, 0) is 38.5 Å². The van der Waals surface area contributed by atoms with Crippen LogP contribution in [0.1, 0.15) is 72.1 Å². The number of unbranched alkanes of at least 4 members (excludes halogenated alkanes) is 7. The fraction of sp³-hybridized carbons (Fsp3) is 0.483. The molecule has 1 aromatic carbocycles. The van der Waals surface area contributed by atoms with E-state index >= 15 is 0 Å². The van der Waals surface area contributed by atoms with E-state index in [1.54, 1.807) is 6.07 Å². The number of benzene rings is 2. The number of pyridine rings is 1. The lowest BCUT2D eigenvalue weighted by atomic mass is 10.1. The van der Waals surface area contributed by atoms with Gasteiger partial charge in [-0.2, -0.15) is 4.57 Å². The Hall–Kier alpha value is -2.95. The summed E-state index contributed by atoms with van der Waals surface area (Å²) in [5.74, 6) is 0.548. The largest absolute Gasteiger partial charge is 0.453 e. The van der Waals surface area contributed by atoms with Gasteiger partial charge in [0.2, 0.25) is 0 Å². The maximum Gasteiger partial charge on any atom is 0.262 e. The molecule has 5 heteroatoms. The monoisotopic (exact) mass is 460 g/mol. The molecule has 0 saturated heterocycles. The van der Waals surface area contributed by atoms with Gasteiger partial charge in [-0.25, -0.2) is 4.98 Å². The average Bonchev–Trinajstić information content (AvgIpc) is 2.85. The molecule has 0 unspecified atom stereocenters. The summed E-state index contributed by atoms with van der Waals surface area (Å²) in [6.07, 6.45) is 12.2. The third kappa shape index (κ3) is 5.24. The Morgan fingerprint density at radius 1 is 0.912 bits per heavy atom. The SMILES string of the molecule is CCCCCCCCCC[n+]1cccc2c3nc4ccc(N(CC)CC)cc4oc-3cc(=O)c21. The van der Waals surface area contributed by atoms with Crippen molar-refractivity contribution in [2.45, 2.75) is 78.7 Å². The van der Waals surface area contributed by atoms with E-state index in [4.69, 9.17) is 9.40 Å². The molecule has 1 aliphatic carbocycles. The van der Waals surface area contributed by atoms with Gasteiger partial charge >= 0.3 is 0 Å². The highest BCUT2D eigenvalue weighted by molar-refractivity contribution is 5.93. The Morgan fingerprint density at radius 3 is 2.38 bits per heavy atom. The van der Waals surface area contributed by atoms with Gasteiger partial charge < -0.3 is 9.32 Å². The summed E-state index contributed by atoms with van der Waals surface area (Å²) >= 11 is 0. The number of nitrogens with zero attached hydrogens (tertiary/aromatic N) is 3. The van der Waals surface area contributed by atoms with Gasteiger partial charge in [0.25, 0.3) is 10.9 Å².